The number of nitrogens with zero attached hydrogens (tertiary/aromatic N) is 3. The number of aromatic nitrogens is 3. The molecule has 3 aromatic rings. The van der Waals surface area contributed by atoms with Crippen LogP contribution in [0, 0.1) is 5.82 Å². The SMILES string of the molecule is O=c1nc(SCc2ccc(F)cc2)nc2ccc(Cl)cn12. The van der Waals surface area contributed by atoms with Crippen molar-refractivity contribution in [3.8, 4) is 0 Å². The van der Waals surface area contributed by atoms with Crippen molar-refractivity contribution in [3.05, 3.63) is 69.5 Å². The molecule has 2 heterocycles. The number of hydrogen-bond donors (Lipinski definition) is 0. The lowest BCUT2D eigenvalue weighted by molar-refractivity contribution is 0.627. The second-order valence-corrected chi connectivity index (χ2v) is 5.66. The van der Waals surface area contributed by atoms with Gasteiger partial charge in [0.2, 0.25) is 0 Å². The summed E-state index contributed by atoms with van der Waals surface area (Å²) in [5, 5.41) is 0.826. The summed E-state index contributed by atoms with van der Waals surface area (Å²) in [6, 6.07) is 9.50. The van der Waals surface area contributed by atoms with Gasteiger partial charge in [-0.3, -0.25) is 0 Å². The highest BCUT2D eigenvalue weighted by Crippen LogP contribution is 2.19. The normalized spacial score (nSPS) is 11.0. The van der Waals surface area contributed by atoms with Gasteiger partial charge < -0.3 is 0 Å². The van der Waals surface area contributed by atoms with Crippen molar-refractivity contribution in [1.29, 1.82) is 0 Å². The molecule has 4 nitrogen and oxygen atoms in total. The van der Waals surface area contributed by atoms with Gasteiger partial charge in [-0.15, -0.1) is 0 Å². The van der Waals surface area contributed by atoms with Crippen LogP contribution in [0.15, 0.2) is 52.5 Å². The van der Waals surface area contributed by atoms with Gasteiger partial charge in [0, 0.05) is 11.9 Å². The topological polar surface area (TPSA) is 47.3 Å². The van der Waals surface area contributed by atoms with Crippen LogP contribution in [-0.4, -0.2) is 14.4 Å². The molecule has 0 atom stereocenters. The lowest BCUT2D eigenvalue weighted by atomic mass is 10.2. The molecule has 0 saturated heterocycles. The molecule has 21 heavy (non-hydrogen) atoms. The van der Waals surface area contributed by atoms with Gasteiger partial charge in [-0.2, -0.15) is 4.98 Å². The van der Waals surface area contributed by atoms with E-state index in [1.54, 1.807) is 24.3 Å². The molecule has 106 valence electrons. The Balaban J connectivity index is 1.86. The third kappa shape index (κ3) is 3.22. The number of rotatable bonds is 3. The van der Waals surface area contributed by atoms with Crippen molar-refractivity contribution in [3.63, 3.8) is 0 Å². The standard InChI is InChI=1S/C14H9ClFN3OS/c15-10-3-6-12-17-13(18-14(20)19(12)7-10)21-8-9-1-4-11(16)5-2-9/h1-7H,8H2. The minimum absolute atomic E-state index is 0.277. The molecule has 3 rings (SSSR count). The van der Waals surface area contributed by atoms with E-state index < -0.39 is 5.69 Å². The van der Waals surface area contributed by atoms with Crippen LogP contribution < -0.4 is 5.69 Å². The Labute approximate surface area is 128 Å². The van der Waals surface area contributed by atoms with E-state index in [1.807, 2.05) is 0 Å². The van der Waals surface area contributed by atoms with Crippen molar-refractivity contribution in [2.75, 3.05) is 0 Å². The van der Waals surface area contributed by atoms with Gasteiger partial charge in [0.1, 0.15) is 11.5 Å². The Bertz CT molecular complexity index is 851. The molecule has 1 aromatic carbocycles. The van der Waals surface area contributed by atoms with Crippen LogP contribution in [0.25, 0.3) is 5.65 Å². The van der Waals surface area contributed by atoms with Crippen molar-refractivity contribution in [2.45, 2.75) is 10.9 Å². The predicted molar refractivity (Wildman–Crippen MR) is 80.2 cm³/mol. The Morgan fingerprint density at radius 2 is 1.90 bits per heavy atom. The maximum absolute atomic E-state index is 12.8. The van der Waals surface area contributed by atoms with Gasteiger partial charge in [0.15, 0.2) is 5.16 Å². The molecule has 0 spiro atoms. The second kappa shape index (κ2) is 5.83. The van der Waals surface area contributed by atoms with Gasteiger partial charge in [-0.05, 0) is 29.8 Å². The highest BCUT2D eigenvalue weighted by molar-refractivity contribution is 7.98. The molecule has 0 radical (unpaired) electrons. The van der Waals surface area contributed by atoms with E-state index in [0.29, 0.717) is 21.6 Å². The molecular weight excluding hydrogens is 313 g/mol. The Morgan fingerprint density at radius 1 is 1.14 bits per heavy atom. The molecule has 0 N–H and O–H groups in total. The number of hydrogen-bond acceptors (Lipinski definition) is 4. The zero-order chi connectivity index (χ0) is 14.8. The summed E-state index contributed by atoms with van der Waals surface area (Å²) in [4.78, 5) is 20.1. The van der Waals surface area contributed by atoms with E-state index in [4.69, 9.17) is 11.6 Å². The van der Waals surface area contributed by atoms with Crippen LogP contribution >= 0.6 is 23.4 Å². The number of fused-ring (bicyclic) bond motifs is 1. The van der Waals surface area contributed by atoms with E-state index in [2.05, 4.69) is 9.97 Å². The summed E-state index contributed by atoms with van der Waals surface area (Å²) in [5.74, 6) is 0.282. The zero-order valence-electron chi connectivity index (χ0n) is 10.7. The highest BCUT2D eigenvalue weighted by atomic mass is 35.5. The van der Waals surface area contributed by atoms with Crippen LogP contribution in [0.1, 0.15) is 5.56 Å². The quantitative estimate of drug-likeness (QED) is 0.695. The zero-order valence-corrected chi connectivity index (χ0v) is 12.2. The highest BCUT2D eigenvalue weighted by Gasteiger charge is 2.05. The van der Waals surface area contributed by atoms with Crippen LogP contribution in [0.3, 0.4) is 0 Å². The number of halogens is 2. The molecule has 0 aliphatic heterocycles. The van der Waals surface area contributed by atoms with Crippen LogP contribution in [-0.2, 0) is 5.75 Å². The number of thioether (sulfide) groups is 1. The average Bonchev–Trinajstić information content (AvgIpc) is 2.47. The minimum atomic E-state index is -0.427. The Hall–Kier alpha value is -1.92. The summed E-state index contributed by atoms with van der Waals surface area (Å²) in [5.41, 5.74) is 0.992. The molecule has 0 aliphatic rings. The molecule has 0 bridgehead atoms. The van der Waals surface area contributed by atoms with Gasteiger partial charge in [0.05, 0.1) is 5.02 Å². The lowest BCUT2D eigenvalue weighted by Crippen LogP contribution is -2.18. The third-order valence-corrected chi connectivity index (χ3v) is 3.92. The van der Waals surface area contributed by atoms with Crippen molar-refractivity contribution in [2.24, 2.45) is 0 Å². The van der Waals surface area contributed by atoms with E-state index in [-0.39, 0.29) is 5.82 Å². The summed E-state index contributed by atoms with van der Waals surface area (Å²) >= 11 is 7.15. The van der Waals surface area contributed by atoms with Crippen LogP contribution in [0.4, 0.5) is 4.39 Å². The van der Waals surface area contributed by atoms with E-state index in [0.717, 1.165) is 5.56 Å². The van der Waals surface area contributed by atoms with Gasteiger partial charge in [-0.25, -0.2) is 18.6 Å². The first-order valence-corrected chi connectivity index (χ1v) is 7.41. The van der Waals surface area contributed by atoms with Crippen LogP contribution in [0.2, 0.25) is 5.02 Å². The smallest absolute Gasteiger partial charge is 0.250 e. The molecule has 0 unspecified atom stereocenters. The molecule has 0 amide bonds. The van der Waals surface area contributed by atoms with Gasteiger partial charge >= 0.3 is 5.69 Å². The maximum atomic E-state index is 12.8. The largest absolute Gasteiger partial charge is 0.355 e. The first kappa shape index (κ1) is 14.0. The van der Waals surface area contributed by atoms with Crippen molar-refractivity contribution in [1.82, 2.24) is 14.4 Å². The average molecular weight is 322 g/mol. The summed E-state index contributed by atoms with van der Waals surface area (Å²) < 4.78 is 14.1. The molecule has 0 fully saturated rings. The number of pyridine rings is 1. The first-order chi connectivity index (χ1) is 10.1. The molecule has 7 heteroatoms. The molecule has 2 aromatic heterocycles. The molecular formula is C14H9ClFN3OS. The second-order valence-electron chi connectivity index (χ2n) is 4.28. The summed E-state index contributed by atoms with van der Waals surface area (Å²) in [6.07, 6.45) is 1.48. The van der Waals surface area contributed by atoms with Gasteiger partial charge in [-0.1, -0.05) is 35.5 Å². The van der Waals surface area contributed by atoms with Crippen molar-refractivity contribution < 1.29 is 4.39 Å². The monoisotopic (exact) mass is 321 g/mol. The maximum Gasteiger partial charge on any atom is 0.355 e. The minimum Gasteiger partial charge on any atom is -0.250 e. The fraction of sp³-hybridized carbons (Fsp3) is 0.0714. The van der Waals surface area contributed by atoms with E-state index in [9.17, 15) is 9.18 Å². The Kier molecular flexibility index (Phi) is 3.90. The molecule has 0 saturated carbocycles. The van der Waals surface area contributed by atoms with E-state index in [1.165, 1.54) is 34.5 Å². The Morgan fingerprint density at radius 3 is 2.67 bits per heavy atom. The van der Waals surface area contributed by atoms with Crippen molar-refractivity contribution >= 4 is 29.0 Å². The lowest BCUT2D eigenvalue weighted by Gasteiger charge is -2.03. The fourth-order valence-corrected chi connectivity index (χ4v) is 2.71. The number of benzene rings is 1. The van der Waals surface area contributed by atoms with Crippen LogP contribution in [0.5, 0.6) is 0 Å². The summed E-state index contributed by atoms with van der Waals surface area (Å²) in [7, 11) is 0. The predicted octanol–water partition coefficient (Wildman–Crippen LogP) is 3.17. The van der Waals surface area contributed by atoms with Gasteiger partial charge in [0.25, 0.3) is 0 Å². The van der Waals surface area contributed by atoms with E-state index >= 15 is 0 Å². The molecule has 0 aliphatic carbocycles. The fourth-order valence-electron chi connectivity index (χ4n) is 1.76. The third-order valence-electron chi connectivity index (χ3n) is 2.78. The summed E-state index contributed by atoms with van der Waals surface area (Å²) in [6.45, 7) is 0. The first-order valence-electron chi connectivity index (χ1n) is 6.05.